The number of piperidine rings is 1. The lowest BCUT2D eigenvalue weighted by Gasteiger charge is -2.37. The fraction of sp³-hybridized carbons (Fsp3) is 0.467. The van der Waals surface area contributed by atoms with E-state index in [0.29, 0.717) is 24.5 Å². The number of hydrogen-bond donors (Lipinski definition) is 1. The van der Waals surface area contributed by atoms with E-state index >= 15 is 0 Å². The molecule has 2 unspecified atom stereocenters. The number of carbonyl (C=O) groups excluding carboxylic acids is 1. The predicted molar refractivity (Wildman–Crippen MR) is 74.8 cm³/mol. The molecule has 106 valence electrons. The standard InChI is InChI=1S/C15H16ClNO3/c16-11-4-3-9-6-13(12(9)7-11)14(18)17-5-1-2-10(8-17)15(19)20/h3-4,7,10,13H,1-2,5-6,8H2,(H,19,20). The first-order chi connectivity index (χ1) is 9.56. The Kier molecular flexibility index (Phi) is 3.42. The molecule has 1 aromatic rings. The second-order valence-corrected chi connectivity index (χ2v) is 6.00. The second kappa shape index (κ2) is 5.09. The Bertz CT molecular complexity index is 572. The molecule has 1 aromatic carbocycles. The maximum Gasteiger partial charge on any atom is 0.308 e. The molecule has 0 aromatic heterocycles. The second-order valence-electron chi connectivity index (χ2n) is 5.56. The van der Waals surface area contributed by atoms with Crippen LogP contribution in [0.3, 0.4) is 0 Å². The van der Waals surface area contributed by atoms with Crippen molar-refractivity contribution in [1.82, 2.24) is 4.90 Å². The quantitative estimate of drug-likeness (QED) is 0.910. The Balaban J connectivity index is 1.73. The molecule has 1 aliphatic heterocycles. The third-order valence-electron chi connectivity index (χ3n) is 4.29. The molecule has 1 heterocycles. The van der Waals surface area contributed by atoms with Crippen LogP contribution in [0.25, 0.3) is 0 Å². The first-order valence-corrected chi connectivity index (χ1v) is 7.24. The molecular formula is C15H16ClNO3. The predicted octanol–water partition coefficient (Wildman–Crippen LogP) is 2.30. The van der Waals surface area contributed by atoms with E-state index in [1.54, 1.807) is 4.90 Å². The Labute approximate surface area is 122 Å². The average Bonchev–Trinajstić information content (AvgIpc) is 2.42. The summed E-state index contributed by atoms with van der Waals surface area (Å²) < 4.78 is 0. The lowest BCUT2D eigenvalue weighted by Crippen LogP contribution is -2.46. The van der Waals surface area contributed by atoms with Gasteiger partial charge in [0.2, 0.25) is 5.91 Å². The SMILES string of the molecule is O=C(O)C1CCCN(C(=O)C2Cc3ccc(Cl)cc32)C1. The van der Waals surface area contributed by atoms with Gasteiger partial charge in [0.15, 0.2) is 0 Å². The van der Waals surface area contributed by atoms with Crippen LogP contribution in [0.5, 0.6) is 0 Å². The van der Waals surface area contributed by atoms with Gasteiger partial charge < -0.3 is 10.0 Å². The summed E-state index contributed by atoms with van der Waals surface area (Å²) in [6, 6.07) is 5.64. The van der Waals surface area contributed by atoms with E-state index in [-0.39, 0.29) is 11.8 Å². The fourth-order valence-corrected chi connectivity index (χ4v) is 3.27. The topological polar surface area (TPSA) is 57.6 Å². The third-order valence-corrected chi connectivity index (χ3v) is 4.52. The molecule has 1 fully saturated rings. The van der Waals surface area contributed by atoms with Gasteiger partial charge in [0, 0.05) is 18.1 Å². The van der Waals surface area contributed by atoms with E-state index in [0.717, 1.165) is 18.4 Å². The summed E-state index contributed by atoms with van der Waals surface area (Å²) in [5.41, 5.74) is 2.17. The van der Waals surface area contributed by atoms with Crippen molar-refractivity contribution < 1.29 is 14.7 Å². The highest BCUT2D eigenvalue weighted by atomic mass is 35.5. The molecule has 0 spiro atoms. The Morgan fingerprint density at radius 2 is 2.15 bits per heavy atom. The molecular weight excluding hydrogens is 278 g/mol. The van der Waals surface area contributed by atoms with Crippen molar-refractivity contribution in [2.24, 2.45) is 5.92 Å². The number of nitrogens with zero attached hydrogens (tertiary/aromatic N) is 1. The monoisotopic (exact) mass is 293 g/mol. The van der Waals surface area contributed by atoms with Gasteiger partial charge in [-0.2, -0.15) is 0 Å². The third kappa shape index (κ3) is 2.29. The number of hydrogen-bond acceptors (Lipinski definition) is 2. The fourth-order valence-electron chi connectivity index (χ4n) is 3.09. The minimum atomic E-state index is -0.806. The number of carboxylic acids is 1. The van der Waals surface area contributed by atoms with Crippen LogP contribution >= 0.6 is 11.6 Å². The number of carbonyl (C=O) groups is 2. The number of benzene rings is 1. The molecule has 3 rings (SSSR count). The normalized spacial score (nSPS) is 24.8. The zero-order valence-corrected chi connectivity index (χ0v) is 11.8. The van der Waals surface area contributed by atoms with Crippen LogP contribution in [0.1, 0.15) is 29.9 Å². The number of rotatable bonds is 2. The maximum atomic E-state index is 12.5. The van der Waals surface area contributed by atoms with Crippen molar-refractivity contribution in [1.29, 1.82) is 0 Å². The highest BCUT2D eigenvalue weighted by molar-refractivity contribution is 6.30. The first-order valence-electron chi connectivity index (χ1n) is 6.86. The van der Waals surface area contributed by atoms with Gasteiger partial charge >= 0.3 is 5.97 Å². The molecule has 1 N–H and O–H groups in total. The molecule has 2 aliphatic rings. The van der Waals surface area contributed by atoms with Crippen LogP contribution in [0, 0.1) is 5.92 Å². The zero-order valence-electron chi connectivity index (χ0n) is 11.0. The molecule has 5 heteroatoms. The van der Waals surface area contributed by atoms with Crippen molar-refractivity contribution in [2.45, 2.75) is 25.2 Å². The minimum Gasteiger partial charge on any atom is -0.481 e. The maximum absolute atomic E-state index is 12.5. The van der Waals surface area contributed by atoms with Gasteiger partial charge in [-0.05, 0) is 42.5 Å². The molecule has 2 atom stereocenters. The lowest BCUT2D eigenvalue weighted by molar-refractivity contribution is -0.146. The summed E-state index contributed by atoms with van der Waals surface area (Å²) in [6.07, 6.45) is 2.16. The summed E-state index contributed by atoms with van der Waals surface area (Å²) in [5, 5.41) is 9.73. The van der Waals surface area contributed by atoms with E-state index in [2.05, 4.69) is 0 Å². The van der Waals surface area contributed by atoms with E-state index in [9.17, 15) is 9.59 Å². The lowest BCUT2D eigenvalue weighted by atomic mass is 9.76. The minimum absolute atomic E-state index is 0.0470. The van der Waals surface area contributed by atoms with Crippen molar-refractivity contribution in [2.75, 3.05) is 13.1 Å². The van der Waals surface area contributed by atoms with Crippen LogP contribution in [-0.4, -0.2) is 35.0 Å². The molecule has 1 amide bonds. The van der Waals surface area contributed by atoms with Crippen molar-refractivity contribution in [3.8, 4) is 0 Å². The van der Waals surface area contributed by atoms with Gasteiger partial charge in [0.1, 0.15) is 0 Å². The Hall–Kier alpha value is -1.55. The van der Waals surface area contributed by atoms with Crippen molar-refractivity contribution in [3.05, 3.63) is 34.3 Å². The average molecular weight is 294 g/mol. The number of fused-ring (bicyclic) bond motifs is 1. The summed E-state index contributed by atoms with van der Waals surface area (Å²) in [7, 11) is 0. The number of carboxylic acid groups (broad SMARTS) is 1. The summed E-state index contributed by atoms with van der Waals surface area (Å²) in [6.45, 7) is 0.996. The van der Waals surface area contributed by atoms with Crippen LogP contribution in [0.2, 0.25) is 5.02 Å². The molecule has 20 heavy (non-hydrogen) atoms. The van der Waals surface area contributed by atoms with Crippen LogP contribution in [0.15, 0.2) is 18.2 Å². The van der Waals surface area contributed by atoms with E-state index in [4.69, 9.17) is 16.7 Å². The number of amides is 1. The zero-order chi connectivity index (χ0) is 14.3. The van der Waals surface area contributed by atoms with Gasteiger partial charge in [0.05, 0.1) is 11.8 Å². The van der Waals surface area contributed by atoms with Crippen molar-refractivity contribution >= 4 is 23.5 Å². The number of aliphatic carboxylic acids is 1. The summed E-state index contributed by atoms with van der Waals surface area (Å²) in [5.74, 6) is -1.33. The number of likely N-dealkylation sites (tertiary alicyclic amines) is 1. The van der Waals surface area contributed by atoms with Crippen LogP contribution in [-0.2, 0) is 16.0 Å². The van der Waals surface area contributed by atoms with Gasteiger partial charge in [-0.25, -0.2) is 0 Å². The van der Waals surface area contributed by atoms with E-state index in [1.807, 2.05) is 18.2 Å². The van der Waals surface area contributed by atoms with E-state index < -0.39 is 11.9 Å². The summed E-state index contributed by atoms with van der Waals surface area (Å²) in [4.78, 5) is 25.3. The molecule has 0 radical (unpaired) electrons. The van der Waals surface area contributed by atoms with Crippen LogP contribution in [0.4, 0.5) is 0 Å². The van der Waals surface area contributed by atoms with Gasteiger partial charge in [-0.15, -0.1) is 0 Å². The van der Waals surface area contributed by atoms with Gasteiger partial charge in [-0.1, -0.05) is 17.7 Å². The van der Waals surface area contributed by atoms with E-state index in [1.165, 1.54) is 5.56 Å². The molecule has 0 saturated carbocycles. The highest BCUT2D eigenvalue weighted by Crippen LogP contribution is 2.38. The molecule has 1 saturated heterocycles. The molecule has 4 nitrogen and oxygen atoms in total. The first kappa shape index (κ1) is 13.4. The molecule has 0 bridgehead atoms. The van der Waals surface area contributed by atoms with Crippen molar-refractivity contribution in [3.63, 3.8) is 0 Å². The Morgan fingerprint density at radius 1 is 1.35 bits per heavy atom. The smallest absolute Gasteiger partial charge is 0.308 e. The summed E-state index contributed by atoms with van der Waals surface area (Å²) >= 11 is 5.97. The van der Waals surface area contributed by atoms with Gasteiger partial charge in [-0.3, -0.25) is 9.59 Å². The van der Waals surface area contributed by atoms with Crippen LogP contribution < -0.4 is 0 Å². The highest BCUT2D eigenvalue weighted by Gasteiger charge is 2.37. The number of halogens is 1. The largest absolute Gasteiger partial charge is 0.481 e. The Morgan fingerprint density at radius 3 is 2.90 bits per heavy atom. The van der Waals surface area contributed by atoms with Gasteiger partial charge in [0.25, 0.3) is 0 Å². The molecule has 1 aliphatic carbocycles.